The van der Waals surface area contributed by atoms with Crippen molar-refractivity contribution in [3.63, 3.8) is 0 Å². The molecule has 0 spiro atoms. The van der Waals surface area contributed by atoms with Crippen LogP contribution in [-0.4, -0.2) is 28.7 Å². The van der Waals surface area contributed by atoms with Gasteiger partial charge >= 0.3 is 0 Å². The third kappa shape index (κ3) is 3.08. The molecule has 5 heteroatoms. The largest absolute Gasteiger partial charge is 0.497 e. The molecule has 1 aromatic heterocycles. The van der Waals surface area contributed by atoms with E-state index in [-0.39, 0.29) is 0 Å². The van der Waals surface area contributed by atoms with Gasteiger partial charge in [0.15, 0.2) is 5.82 Å². The zero-order valence-electron chi connectivity index (χ0n) is 12.6. The number of ether oxygens (including phenoxy) is 1. The monoisotopic (exact) mass is 287 g/mol. The lowest BCUT2D eigenvalue weighted by atomic mass is 10.0. The van der Waals surface area contributed by atoms with Gasteiger partial charge in [-0.2, -0.15) is 4.98 Å². The molecule has 0 N–H and O–H groups in total. The first-order chi connectivity index (χ1) is 10.3. The van der Waals surface area contributed by atoms with Crippen molar-refractivity contribution in [2.45, 2.75) is 38.8 Å². The van der Waals surface area contributed by atoms with Crippen LogP contribution in [0.2, 0.25) is 0 Å². The normalized spacial score (nSPS) is 19.0. The molecule has 0 bridgehead atoms. The average Bonchev–Trinajstić information content (AvgIpc) is 3.17. The summed E-state index contributed by atoms with van der Waals surface area (Å²) in [6.07, 6.45) is 3.15. The first-order valence-corrected chi connectivity index (χ1v) is 7.49. The van der Waals surface area contributed by atoms with E-state index in [1.165, 1.54) is 12.0 Å². The molecule has 1 aliphatic rings. The minimum atomic E-state index is 0.400. The zero-order valence-corrected chi connectivity index (χ0v) is 12.6. The smallest absolute Gasteiger partial charge is 0.240 e. The third-order valence-electron chi connectivity index (χ3n) is 4.01. The molecule has 112 valence electrons. The standard InChI is InChI=1S/C16H21N3O2/c1-3-15-17-16(21-18-15)11-19-9-5-8-14(19)12-6-4-7-13(10-12)20-2/h4,6-7,10,14H,3,5,8-9,11H2,1-2H3/t14-/m0/s1. The van der Waals surface area contributed by atoms with Crippen LogP contribution in [0.25, 0.3) is 0 Å². The van der Waals surface area contributed by atoms with Crippen LogP contribution >= 0.6 is 0 Å². The number of rotatable bonds is 5. The molecular formula is C16H21N3O2. The molecule has 1 atom stereocenters. The van der Waals surface area contributed by atoms with Gasteiger partial charge in [0, 0.05) is 12.5 Å². The maximum atomic E-state index is 5.33. The number of aryl methyl sites for hydroxylation is 1. The molecule has 21 heavy (non-hydrogen) atoms. The maximum Gasteiger partial charge on any atom is 0.240 e. The van der Waals surface area contributed by atoms with Crippen molar-refractivity contribution in [3.8, 4) is 5.75 Å². The number of methoxy groups -OCH3 is 1. The van der Waals surface area contributed by atoms with Crippen LogP contribution in [-0.2, 0) is 13.0 Å². The Morgan fingerprint density at radius 1 is 1.43 bits per heavy atom. The first kappa shape index (κ1) is 14.1. The molecule has 0 amide bonds. The summed E-state index contributed by atoms with van der Waals surface area (Å²) in [5.41, 5.74) is 1.29. The quantitative estimate of drug-likeness (QED) is 0.846. The summed E-state index contributed by atoms with van der Waals surface area (Å²) in [6.45, 7) is 3.81. The SMILES string of the molecule is CCc1noc(CN2CCC[C@H]2c2cccc(OC)c2)n1. The highest BCUT2D eigenvalue weighted by Gasteiger charge is 2.27. The summed E-state index contributed by atoms with van der Waals surface area (Å²) in [4.78, 5) is 6.81. The number of hydrogen-bond donors (Lipinski definition) is 0. The molecule has 2 heterocycles. The molecule has 1 saturated heterocycles. The van der Waals surface area contributed by atoms with Crippen LogP contribution in [0, 0.1) is 0 Å². The van der Waals surface area contributed by atoms with E-state index in [0.717, 1.165) is 37.5 Å². The van der Waals surface area contributed by atoms with Gasteiger partial charge in [0.25, 0.3) is 0 Å². The molecule has 1 aromatic carbocycles. The van der Waals surface area contributed by atoms with Gasteiger partial charge in [0.05, 0.1) is 13.7 Å². The highest BCUT2D eigenvalue weighted by molar-refractivity contribution is 5.31. The Morgan fingerprint density at radius 2 is 2.33 bits per heavy atom. The second kappa shape index (κ2) is 6.26. The summed E-state index contributed by atoms with van der Waals surface area (Å²) >= 11 is 0. The molecule has 5 nitrogen and oxygen atoms in total. The molecular weight excluding hydrogens is 266 g/mol. The van der Waals surface area contributed by atoms with Crippen molar-refractivity contribution < 1.29 is 9.26 Å². The van der Waals surface area contributed by atoms with Crippen molar-refractivity contribution in [2.24, 2.45) is 0 Å². The van der Waals surface area contributed by atoms with E-state index in [2.05, 4.69) is 27.2 Å². The fourth-order valence-corrected chi connectivity index (χ4v) is 2.91. The number of hydrogen-bond acceptors (Lipinski definition) is 5. The second-order valence-electron chi connectivity index (χ2n) is 5.36. The Morgan fingerprint density at radius 3 is 3.10 bits per heavy atom. The van der Waals surface area contributed by atoms with Crippen molar-refractivity contribution in [2.75, 3.05) is 13.7 Å². The van der Waals surface area contributed by atoms with Crippen molar-refractivity contribution in [1.82, 2.24) is 15.0 Å². The number of benzene rings is 1. The first-order valence-electron chi connectivity index (χ1n) is 7.49. The van der Waals surface area contributed by atoms with Gasteiger partial charge in [-0.1, -0.05) is 24.2 Å². The van der Waals surface area contributed by atoms with Crippen molar-refractivity contribution >= 4 is 0 Å². The van der Waals surface area contributed by atoms with E-state index in [1.54, 1.807) is 7.11 Å². The van der Waals surface area contributed by atoms with Gasteiger partial charge in [-0.25, -0.2) is 0 Å². The van der Waals surface area contributed by atoms with E-state index in [9.17, 15) is 0 Å². The summed E-state index contributed by atoms with van der Waals surface area (Å²) < 4.78 is 10.6. The third-order valence-corrected chi connectivity index (χ3v) is 4.01. The Balaban J connectivity index is 1.75. The topological polar surface area (TPSA) is 51.4 Å². The summed E-state index contributed by atoms with van der Waals surface area (Å²) in [7, 11) is 1.70. The van der Waals surface area contributed by atoms with Gasteiger partial charge in [-0.3, -0.25) is 4.90 Å². The fourth-order valence-electron chi connectivity index (χ4n) is 2.91. The van der Waals surface area contributed by atoms with E-state index in [0.29, 0.717) is 11.9 Å². The van der Waals surface area contributed by atoms with E-state index in [1.807, 2.05) is 19.1 Å². The van der Waals surface area contributed by atoms with Gasteiger partial charge in [-0.05, 0) is 37.1 Å². The van der Waals surface area contributed by atoms with E-state index >= 15 is 0 Å². The molecule has 1 fully saturated rings. The average molecular weight is 287 g/mol. The van der Waals surface area contributed by atoms with Gasteiger partial charge in [-0.15, -0.1) is 0 Å². The van der Waals surface area contributed by atoms with Gasteiger partial charge < -0.3 is 9.26 Å². The molecule has 0 unspecified atom stereocenters. The van der Waals surface area contributed by atoms with Crippen LogP contribution < -0.4 is 4.74 Å². The van der Waals surface area contributed by atoms with Crippen molar-refractivity contribution in [3.05, 3.63) is 41.5 Å². The maximum absolute atomic E-state index is 5.33. The number of nitrogens with zero attached hydrogens (tertiary/aromatic N) is 3. The number of likely N-dealkylation sites (tertiary alicyclic amines) is 1. The van der Waals surface area contributed by atoms with Gasteiger partial charge in [0.2, 0.25) is 5.89 Å². The summed E-state index contributed by atoms with van der Waals surface area (Å²) in [5, 5.41) is 3.97. The Labute approximate surface area is 124 Å². The fraction of sp³-hybridized carbons (Fsp3) is 0.500. The molecule has 0 radical (unpaired) electrons. The summed E-state index contributed by atoms with van der Waals surface area (Å²) in [6, 6.07) is 8.71. The predicted molar refractivity (Wildman–Crippen MR) is 79.1 cm³/mol. The molecule has 0 aliphatic carbocycles. The van der Waals surface area contributed by atoms with Crippen LogP contribution in [0.15, 0.2) is 28.8 Å². The van der Waals surface area contributed by atoms with Crippen LogP contribution in [0.3, 0.4) is 0 Å². The Kier molecular flexibility index (Phi) is 4.20. The van der Waals surface area contributed by atoms with Gasteiger partial charge in [0.1, 0.15) is 5.75 Å². The molecule has 1 aliphatic heterocycles. The molecule has 3 rings (SSSR count). The minimum Gasteiger partial charge on any atom is -0.497 e. The molecule has 2 aromatic rings. The highest BCUT2D eigenvalue weighted by Crippen LogP contribution is 2.34. The molecule has 0 saturated carbocycles. The predicted octanol–water partition coefficient (Wildman–Crippen LogP) is 2.98. The van der Waals surface area contributed by atoms with Crippen LogP contribution in [0.5, 0.6) is 5.75 Å². The van der Waals surface area contributed by atoms with Crippen LogP contribution in [0.1, 0.15) is 43.1 Å². The lowest BCUT2D eigenvalue weighted by molar-refractivity contribution is 0.212. The minimum absolute atomic E-state index is 0.400. The Bertz CT molecular complexity index is 597. The van der Waals surface area contributed by atoms with Crippen molar-refractivity contribution in [1.29, 1.82) is 0 Å². The zero-order chi connectivity index (χ0) is 14.7. The Hall–Kier alpha value is -1.88. The van der Waals surface area contributed by atoms with Crippen LogP contribution in [0.4, 0.5) is 0 Å². The van der Waals surface area contributed by atoms with E-state index in [4.69, 9.17) is 9.26 Å². The summed E-state index contributed by atoms with van der Waals surface area (Å²) in [5.74, 6) is 2.40. The number of aromatic nitrogens is 2. The highest BCUT2D eigenvalue weighted by atomic mass is 16.5. The van der Waals surface area contributed by atoms with E-state index < -0.39 is 0 Å². The second-order valence-corrected chi connectivity index (χ2v) is 5.36. The lowest BCUT2D eigenvalue weighted by Gasteiger charge is -2.23. The lowest BCUT2D eigenvalue weighted by Crippen LogP contribution is -2.23.